The topological polar surface area (TPSA) is 63.6 Å². The number of nitrogens with one attached hydrogen (secondary N) is 1. The number of aromatic nitrogens is 1. The molecule has 0 spiro atoms. The number of carbonyl (C=O) groups excluding carboxylic acids is 1. The van der Waals surface area contributed by atoms with E-state index in [1.165, 1.54) is 7.11 Å². The van der Waals surface area contributed by atoms with Crippen molar-refractivity contribution in [1.29, 1.82) is 0 Å². The van der Waals surface area contributed by atoms with E-state index >= 15 is 0 Å². The summed E-state index contributed by atoms with van der Waals surface area (Å²) in [4.78, 5) is 15.9. The van der Waals surface area contributed by atoms with E-state index in [9.17, 15) is 4.79 Å². The van der Waals surface area contributed by atoms with Gasteiger partial charge in [-0.25, -0.2) is 9.78 Å². The van der Waals surface area contributed by atoms with Crippen molar-refractivity contribution in [2.75, 3.05) is 12.5 Å². The Balaban J connectivity index is 1.99. The molecule has 0 atom stereocenters. The summed E-state index contributed by atoms with van der Waals surface area (Å²) >= 11 is 0. The Bertz CT molecular complexity index is 695. The first kappa shape index (κ1) is 12.3. The summed E-state index contributed by atoms with van der Waals surface area (Å²) in [6.45, 7) is 0. The summed E-state index contributed by atoms with van der Waals surface area (Å²) in [5, 5.41) is 3.97. The van der Waals surface area contributed by atoms with Crippen LogP contribution >= 0.6 is 0 Å². The smallest absolute Gasteiger partial charge is 0.337 e. The Kier molecular flexibility index (Phi) is 3.16. The monoisotopic (exact) mass is 267 g/mol. The summed E-state index contributed by atoms with van der Waals surface area (Å²) < 4.78 is 4.74. The van der Waals surface area contributed by atoms with Crippen molar-refractivity contribution in [2.24, 2.45) is 5.10 Å². The number of ether oxygens (including phenoxy) is 1. The third kappa shape index (κ3) is 2.25. The molecule has 2 heterocycles. The second-order valence-corrected chi connectivity index (χ2v) is 4.43. The van der Waals surface area contributed by atoms with Crippen molar-refractivity contribution in [3.8, 4) is 11.1 Å². The first-order chi connectivity index (χ1) is 9.78. The number of pyridine rings is 1. The van der Waals surface area contributed by atoms with Gasteiger partial charge in [-0.2, -0.15) is 5.10 Å². The van der Waals surface area contributed by atoms with Crippen molar-refractivity contribution in [1.82, 2.24) is 4.98 Å². The molecule has 20 heavy (non-hydrogen) atoms. The zero-order valence-corrected chi connectivity index (χ0v) is 11.0. The van der Waals surface area contributed by atoms with Gasteiger partial charge in [-0.15, -0.1) is 0 Å². The predicted molar refractivity (Wildman–Crippen MR) is 76.8 cm³/mol. The molecule has 0 saturated carbocycles. The molecule has 1 aliphatic rings. The lowest BCUT2D eigenvalue weighted by molar-refractivity contribution is 0.0601. The predicted octanol–water partition coefficient (Wildman–Crippen LogP) is 2.49. The zero-order valence-electron chi connectivity index (χ0n) is 11.0. The van der Waals surface area contributed by atoms with Crippen LogP contribution in [0.3, 0.4) is 0 Å². The van der Waals surface area contributed by atoms with Crippen molar-refractivity contribution in [3.05, 3.63) is 47.7 Å². The van der Waals surface area contributed by atoms with E-state index in [-0.39, 0.29) is 5.97 Å². The molecule has 1 aliphatic heterocycles. The Morgan fingerprint density at radius 2 is 2.20 bits per heavy atom. The fourth-order valence-electron chi connectivity index (χ4n) is 2.12. The van der Waals surface area contributed by atoms with E-state index in [4.69, 9.17) is 4.74 Å². The van der Waals surface area contributed by atoms with Gasteiger partial charge in [0, 0.05) is 30.0 Å². The van der Waals surface area contributed by atoms with Crippen LogP contribution in [0.4, 0.5) is 5.82 Å². The van der Waals surface area contributed by atoms with Crippen LogP contribution in [0.5, 0.6) is 0 Å². The van der Waals surface area contributed by atoms with Gasteiger partial charge in [-0.1, -0.05) is 12.1 Å². The van der Waals surface area contributed by atoms with Gasteiger partial charge in [0.05, 0.1) is 12.7 Å². The molecule has 100 valence electrons. The molecule has 1 N–H and O–H groups in total. The number of nitrogens with zero attached hydrogens (tertiary/aromatic N) is 2. The molecular formula is C15H13N3O2. The number of anilines is 1. The average Bonchev–Trinajstić information content (AvgIpc) is 2.53. The Hall–Kier alpha value is -2.69. The van der Waals surface area contributed by atoms with Crippen molar-refractivity contribution < 1.29 is 9.53 Å². The largest absolute Gasteiger partial charge is 0.465 e. The number of carbonyl (C=O) groups is 1. The van der Waals surface area contributed by atoms with Gasteiger partial charge in [0.25, 0.3) is 0 Å². The maximum atomic E-state index is 11.6. The summed E-state index contributed by atoms with van der Waals surface area (Å²) in [5.41, 5.74) is 6.38. The maximum absolute atomic E-state index is 11.6. The van der Waals surface area contributed by atoms with E-state index in [0.29, 0.717) is 5.56 Å². The fraction of sp³-hybridized carbons (Fsp3) is 0.133. The van der Waals surface area contributed by atoms with Gasteiger partial charge in [-0.3, -0.25) is 5.43 Å². The fourth-order valence-corrected chi connectivity index (χ4v) is 2.12. The van der Waals surface area contributed by atoms with Crippen LogP contribution in [-0.4, -0.2) is 24.3 Å². The van der Waals surface area contributed by atoms with Gasteiger partial charge >= 0.3 is 5.97 Å². The average molecular weight is 267 g/mol. The molecule has 0 saturated heterocycles. The number of methoxy groups -OCH3 is 1. The van der Waals surface area contributed by atoms with E-state index in [1.54, 1.807) is 24.5 Å². The molecule has 1 aromatic carbocycles. The molecule has 0 amide bonds. The lowest BCUT2D eigenvalue weighted by atomic mass is 10.0. The van der Waals surface area contributed by atoms with E-state index in [2.05, 4.69) is 21.6 Å². The van der Waals surface area contributed by atoms with Gasteiger partial charge < -0.3 is 4.74 Å². The first-order valence-electron chi connectivity index (χ1n) is 6.23. The number of hydrogen-bond donors (Lipinski definition) is 1. The highest BCUT2D eigenvalue weighted by atomic mass is 16.5. The Morgan fingerprint density at radius 3 is 3.05 bits per heavy atom. The molecule has 5 nitrogen and oxygen atoms in total. The highest BCUT2D eigenvalue weighted by molar-refractivity contribution is 5.91. The number of hydrazone groups is 1. The number of benzene rings is 1. The second-order valence-electron chi connectivity index (χ2n) is 4.43. The Labute approximate surface area is 116 Å². The number of hydrogen-bond acceptors (Lipinski definition) is 5. The zero-order chi connectivity index (χ0) is 13.9. The number of fused-ring (bicyclic) bond motifs is 1. The third-order valence-electron chi connectivity index (χ3n) is 3.16. The van der Waals surface area contributed by atoms with Crippen molar-refractivity contribution in [3.63, 3.8) is 0 Å². The quantitative estimate of drug-likeness (QED) is 0.849. The van der Waals surface area contributed by atoms with Crippen LogP contribution < -0.4 is 5.43 Å². The van der Waals surface area contributed by atoms with E-state index < -0.39 is 0 Å². The lowest BCUT2D eigenvalue weighted by Gasteiger charge is -2.12. The summed E-state index contributed by atoms with van der Waals surface area (Å²) in [6, 6.07) is 9.37. The van der Waals surface area contributed by atoms with Gasteiger partial charge in [0.15, 0.2) is 0 Å². The third-order valence-corrected chi connectivity index (χ3v) is 3.16. The summed E-state index contributed by atoms with van der Waals surface area (Å²) in [7, 11) is 1.38. The second kappa shape index (κ2) is 5.13. The molecule has 0 bridgehead atoms. The van der Waals surface area contributed by atoms with E-state index in [1.807, 2.05) is 12.1 Å². The van der Waals surface area contributed by atoms with Crippen LogP contribution in [0.1, 0.15) is 15.9 Å². The summed E-state index contributed by atoms with van der Waals surface area (Å²) in [6.07, 6.45) is 4.32. The SMILES string of the molecule is COC(=O)c1cccc(-c2cnc3c(c2)CC=NN3)c1. The maximum Gasteiger partial charge on any atom is 0.337 e. The van der Waals surface area contributed by atoms with Crippen LogP contribution in [0.15, 0.2) is 41.6 Å². The molecule has 0 fully saturated rings. The van der Waals surface area contributed by atoms with Gasteiger partial charge in [0.1, 0.15) is 5.82 Å². The van der Waals surface area contributed by atoms with Crippen LogP contribution in [0.2, 0.25) is 0 Å². The molecular weight excluding hydrogens is 254 g/mol. The van der Waals surface area contributed by atoms with Gasteiger partial charge in [0.2, 0.25) is 0 Å². The minimum absolute atomic E-state index is 0.341. The molecule has 5 heteroatoms. The molecule has 0 unspecified atom stereocenters. The van der Waals surface area contributed by atoms with Gasteiger partial charge in [-0.05, 0) is 23.8 Å². The molecule has 2 aromatic rings. The molecule has 0 radical (unpaired) electrons. The highest BCUT2D eigenvalue weighted by Gasteiger charge is 2.11. The van der Waals surface area contributed by atoms with Crippen LogP contribution in [0, 0.1) is 0 Å². The minimum atomic E-state index is -0.341. The summed E-state index contributed by atoms with van der Waals surface area (Å²) in [5.74, 6) is 0.437. The lowest BCUT2D eigenvalue weighted by Crippen LogP contribution is -2.05. The van der Waals surface area contributed by atoms with Crippen molar-refractivity contribution >= 4 is 18.0 Å². The number of rotatable bonds is 2. The molecule has 0 aliphatic carbocycles. The normalized spacial score (nSPS) is 12.4. The first-order valence-corrected chi connectivity index (χ1v) is 6.23. The van der Waals surface area contributed by atoms with Crippen LogP contribution in [-0.2, 0) is 11.2 Å². The van der Waals surface area contributed by atoms with E-state index in [0.717, 1.165) is 28.9 Å². The van der Waals surface area contributed by atoms with Crippen LogP contribution in [0.25, 0.3) is 11.1 Å². The Morgan fingerprint density at radius 1 is 1.30 bits per heavy atom. The van der Waals surface area contributed by atoms with Crippen molar-refractivity contribution in [2.45, 2.75) is 6.42 Å². The number of esters is 1. The molecule has 1 aromatic heterocycles. The standard InChI is InChI=1S/C15H13N3O2/c1-20-15(19)12-4-2-3-10(7-12)13-8-11-5-6-17-18-14(11)16-9-13/h2-4,6-9H,5H2,1H3,(H,16,18). The minimum Gasteiger partial charge on any atom is -0.465 e. The highest BCUT2D eigenvalue weighted by Crippen LogP contribution is 2.25. The molecule has 3 rings (SSSR count).